The number of halogens is 4. The Kier molecular flexibility index (Phi) is 5.28. The van der Waals surface area contributed by atoms with E-state index >= 15 is 0 Å². The average molecular weight is 361 g/mol. The van der Waals surface area contributed by atoms with Crippen molar-refractivity contribution in [3.63, 3.8) is 0 Å². The number of carbonyl (C=O) groups is 1. The summed E-state index contributed by atoms with van der Waals surface area (Å²) >= 11 is 5.80. The molecular weight excluding hydrogens is 349 g/mol. The van der Waals surface area contributed by atoms with Crippen molar-refractivity contribution in [3.05, 3.63) is 41.3 Å². The van der Waals surface area contributed by atoms with Crippen LogP contribution in [0.5, 0.6) is 5.75 Å². The van der Waals surface area contributed by atoms with Crippen LogP contribution >= 0.6 is 11.6 Å². The smallest absolute Gasteiger partial charge is 0.425 e. The number of carbonyl (C=O) groups excluding carboxylic acids is 1. The fourth-order valence-corrected chi connectivity index (χ4v) is 1.84. The third-order valence-corrected chi connectivity index (χ3v) is 3.26. The maximum absolute atomic E-state index is 12.7. The maximum Gasteiger partial charge on any atom is 0.425 e. The van der Waals surface area contributed by atoms with Gasteiger partial charge in [-0.25, -0.2) is 14.8 Å². The van der Waals surface area contributed by atoms with Crippen LogP contribution in [0.4, 0.5) is 13.2 Å². The van der Waals surface area contributed by atoms with Gasteiger partial charge in [-0.2, -0.15) is 13.2 Å². The van der Waals surface area contributed by atoms with Crippen LogP contribution in [0.25, 0.3) is 11.3 Å². The molecule has 9 heteroatoms. The van der Waals surface area contributed by atoms with Crippen LogP contribution in [0.3, 0.4) is 0 Å². The van der Waals surface area contributed by atoms with Crippen molar-refractivity contribution in [1.82, 2.24) is 9.97 Å². The van der Waals surface area contributed by atoms with Gasteiger partial charge in [-0.15, -0.1) is 0 Å². The predicted molar refractivity (Wildman–Crippen MR) is 80.0 cm³/mol. The Morgan fingerprint density at radius 2 is 1.88 bits per heavy atom. The highest BCUT2D eigenvalue weighted by Gasteiger charge is 2.38. The number of aromatic nitrogens is 2. The van der Waals surface area contributed by atoms with Gasteiger partial charge >= 0.3 is 12.1 Å². The molecular formula is C15H12ClF3N2O3. The largest absolute Gasteiger partial charge is 0.477 e. The topological polar surface area (TPSA) is 61.3 Å². The number of alkyl halides is 3. The zero-order valence-corrected chi connectivity index (χ0v) is 13.4. The number of nitrogens with zero attached hydrogens (tertiary/aromatic N) is 2. The number of esters is 1. The van der Waals surface area contributed by atoms with E-state index in [0.29, 0.717) is 10.6 Å². The van der Waals surface area contributed by atoms with E-state index in [-0.39, 0.29) is 17.3 Å². The van der Waals surface area contributed by atoms with Gasteiger partial charge in [0.15, 0.2) is 11.9 Å². The van der Waals surface area contributed by atoms with E-state index in [1.165, 1.54) is 24.3 Å². The van der Waals surface area contributed by atoms with Crippen molar-refractivity contribution < 1.29 is 27.4 Å². The van der Waals surface area contributed by atoms with E-state index in [9.17, 15) is 18.0 Å². The van der Waals surface area contributed by atoms with Gasteiger partial charge in [-0.3, -0.25) is 0 Å². The molecule has 0 aliphatic carbocycles. The molecule has 2 rings (SSSR count). The molecule has 0 amide bonds. The second-order valence-corrected chi connectivity index (χ2v) is 5.14. The first kappa shape index (κ1) is 18.0. The Bertz CT molecular complexity index is 736. The Morgan fingerprint density at radius 3 is 2.42 bits per heavy atom. The lowest BCUT2D eigenvalue weighted by Crippen LogP contribution is -2.31. The van der Waals surface area contributed by atoms with Crippen LogP contribution in [-0.4, -0.2) is 35.3 Å². The number of hydrogen-bond donors (Lipinski definition) is 0. The molecule has 0 aliphatic rings. The summed E-state index contributed by atoms with van der Waals surface area (Å²) in [5.41, 5.74) is 0.439. The molecule has 5 nitrogen and oxygen atoms in total. The zero-order chi connectivity index (χ0) is 17.9. The van der Waals surface area contributed by atoms with Crippen molar-refractivity contribution in [2.45, 2.75) is 19.2 Å². The highest BCUT2D eigenvalue weighted by molar-refractivity contribution is 6.30. The molecule has 0 saturated heterocycles. The number of benzene rings is 1. The Balaban J connectivity index is 2.49. The van der Waals surface area contributed by atoms with Crippen molar-refractivity contribution in [3.8, 4) is 17.0 Å². The van der Waals surface area contributed by atoms with Crippen molar-refractivity contribution in [2.75, 3.05) is 7.11 Å². The summed E-state index contributed by atoms with van der Waals surface area (Å²) in [4.78, 5) is 19.2. The number of ether oxygens (including phenoxy) is 2. The molecule has 2 aromatic rings. The van der Waals surface area contributed by atoms with Gasteiger partial charge in [0.1, 0.15) is 5.69 Å². The first-order valence-electron chi connectivity index (χ1n) is 6.67. The summed E-state index contributed by atoms with van der Waals surface area (Å²) in [5, 5.41) is 0.437. The molecule has 1 aromatic heterocycles. The van der Waals surface area contributed by atoms with Gasteiger partial charge in [-0.1, -0.05) is 23.7 Å². The normalized spacial score (nSPS) is 12.6. The fourth-order valence-electron chi connectivity index (χ4n) is 1.72. The van der Waals surface area contributed by atoms with Crippen LogP contribution in [-0.2, 0) is 4.74 Å². The third kappa shape index (κ3) is 4.14. The van der Waals surface area contributed by atoms with E-state index in [1.807, 2.05) is 0 Å². The average Bonchev–Trinajstić information content (AvgIpc) is 2.54. The summed E-state index contributed by atoms with van der Waals surface area (Å²) in [6.45, 7) is 0.861. The van der Waals surface area contributed by atoms with Gasteiger partial charge in [0.2, 0.25) is 5.82 Å². The monoisotopic (exact) mass is 360 g/mol. The van der Waals surface area contributed by atoms with Gasteiger partial charge in [0.05, 0.1) is 13.3 Å². The molecule has 0 bridgehead atoms. The lowest BCUT2D eigenvalue weighted by molar-refractivity contribution is -0.189. The minimum absolute atomic E-state index is 0.0261. The summed E-state index contributed by atoms with van der Waals surface area (Å²) in [6.07, 6.45) is -5.62. The van der Waals surface area contributed by atoms with Crippen molar-refractivity contribution in [2.24, 2.45) is 0 Å². The third-order valence-electron chi connectivity index (χ3n) is 3.01. The van der Waals surface area contributed by atoms with Crippen molar-refractivity contribution >= 4 is 17.6 Å². The lowest BCUT2D eigenvalue weighted by Gasteiger charge is -2.19. The molecule has 0 fully saturated rings. The molecule has 1 atom stereocenters. The first-order chi connectivity index (χ1) is 11.2. The van der Waals surface area contributed by atoms with Crippen LogP contribution in [0.15, 0.2) is 30.5 Å². The molecule has 0 radical (unpaired) electrons. The molecule has 1 heterocycles. The summed E-state index contributed by atoms with van der Waals surface area (Å²) < 4.78 is 47.6. The van der Waals surface area contributed by atoms with Gasteiger partial charge in [0, 0.05) is 10.6 Å². The quantitative estimate of drug-likeness (QED) is 0.773. The Hall–Kier alpha value is -2.35. The maximum atomic E-state index is 12.7. The van der Waals surface area contributed by atoms with Crippen molar-refractivity contribution in [1.29, 1.82) is 0 Å². The van der Waals surface area contributed by atoms with Gasteiger partial charge < -0.3 is 9.47 Å². The van der Waals surface area contributed by atoms with Crippen LogP contribution in [0.1, 0.15) is 17.5 Å². The molecule has 0 N–H and O–H groups in total. The van der Waals surface area contributed by atoms with E-state index < -0.39 is 18.2 Å². The van der Waals surface area contributed by atoms with E-state index in [1.54, 1.807) is 0 Å². The second kappa shape index (κ2) is 7.04. The van der Waals surface area contributed by atoms with Gasteiger partial charge in [-0.05, 0) is 19.1 Å². The highest BCUT2D eigenvalue weighted by atomic mass is 35.5. The van der Waals surface area contributed by atoms with Crippen LogP contribution in [0.2, 0.25) is 5.02 Å². The molecule has 128 valence electrons. The number of rotatable bonds is 4. The predicted octanol–water partition coefficient (Wildman–Crippen LogP) is 3.91. The zero-order valence-electron chi connectivity index (χ0n) is 12.6. The molecule has 0 spiro atoms. The molecule has 1 aromatic carbocycles. The first-order valence-corrected chi connectivity index (χ1v) is 7.05. The number of methoxy groups -OCH3 is 1. The molecule has 0 aliphatic heterocycles. The Morgan fingerprint density at radius 1 is 1.25 bits per heavy atom. The van der Waals surface area contributed by atoms with E-state index in [2.05, 4.69) is 14.7 Å². The van der Waals surface area contributed by atoms with E-state index in [4.69, 9.17) is 16.3 Å². The van der Waals surface area contributed by atoms with Gasteiger partial charge in [0.25, 0.3) is 0 Å². The van der Waals surface area contributed by atoms with E-state index in [0.717, 1.165) is 20.2 Å². The molecule has 24 heavy (non-hydrogen) atoms. The minimum Gasteiger partial charge on any atom is -0.477 e. The SMILES string of the molecule is COC(=O)c1ncc(O[C@@H](C)C(F)(F)F)c(-c2ccc(Cl)cc2)n1. The minimum atomic E-state index is -4.56. The molecule has 0 saturated carbocycles. The second-order valence-electron chi connectivity index (χ2n) is 4.71. The van der Waals surface area contributed by atoms with Crippen LogP contribution < -0.4 is 4.74 Å². The van der Waals surface area contributed by atoms with Crippen LogP contribution in [0, 0.1) is 0 Å². The fraction of sp³-hybridized carbons (Fsp3) is 0.267. The summed E-state index contributed by atoms with van der Waals surface area (Å²) in [6, 6.07) is 6.15. The molecule has 0 unspecified atom stereocenters. The summed E-state index contributed by atoms with van der Waals surface area (Å²) in [7, 11) is 1.14. The standard InChI is InChI=1S/C15H12ClF3N2O3/c1-8(15(17,18)19)24-11-7-20-13(14(22)23-2)21-12(11)9-3-5-10(16)6-4-9/h3-8H,1-2H3/t8-/m0/s1. The Labute approximate surface area is 140 Å². The number of hydrogen-bond acceptors (Lipinski definition) is 5. The highest BCUT2D eigenvalue weighted by Crippen LogP contribution is 2.32. The lowest BCUT2D eigenvalue weighted by atomic mass is 10.1. The summed E-state index contributed by atoms with van der Waals surface area (Å²) in [5.74, 6) is -1.33.